The summed E-state index contributed by atoms with van der Waals surface area (Å²) < 4.78 is 7.87. The van der Waals surface area contributed by atoms with E-state index in [0.717, 1.165) is 11.7 Å². The van der Waals surface area contributed by atoms with E-state index in [9.17, 15) is 5.26 Å². The van der Waals surface area contributed by atoms with Crippen LogP contribution in [0.5, 0.6) is 0 Å². The van der Waals surface area contributed by atoms with Crippen molar-refractivity contribution in [3.8, 4) is 6.07 Å². The summed E-state index contributed by atoms with van der Waals surface area (Å²) in [7, 11) is -1.15. The van der Waals surface area contributed by atoms with Crippen LogP contribution >= 0.6 is 15.9 Å². The molecule has 0 aliphatic carbocycles. The van der Waals surface area contributed by atoms with E-state index in [1.807, 2.05) is 0 Å². The van der Waals surface area contributed by atoms with Gasteiger partial charge in [-0.25, -0.2) is 9.67 Å². The second-order valence-electron chi connectivity index (χ2n) is 7.58. The van der Waals surface area contributed by atoms with E-state index in [2.05, 4.69) is 75.9 Å². The Morgan fingerprint density at radius 3 is 2.58 bits per heavy atom. The van der Waals surface area contributed by atoms with Gasteiger partial charge in [-0.1, -0.05) is 33.5 Å². The molecule has 0 aromatic carbocycles. The maximum Gasteiger partial charge on any atom is 0.151 e. The van der Waals surface area contributed by atoms with Crippen molar-refractivity contribution in [2.45, 2.75) is 52.2 Å². The molecule has 140 valence electrons. The van der Waals surface area contributed by atoms with E-state index in [-0.39, 0.29) is 6.73 Å². The minimum atomic E-state index is -1.15. The first-order valence-electron chi connectivity index (χ1n) is 8.54. The van der Waals surface area contributed by atoms with Gasteiger partial charge in [0.2, 0.25) is 0 Å². The van der Waals surface area contributed by atoms with Crippen LogP contribution in [0.3, 0.4) is 0 Å². The standard InChI is InChI=1S/C17H25BrN6OSi/c1-12(2)14-9-21-15(10-20-14)22-17-13(8-19)16(18)23-24(17)11-25-6-7-26(3,4)5/h9-10,12H,6-7,11H2,1-5H3,(H,21,22). The van der Waals surface area contributed by atoms with Crippen molar-refractivity contribution in [2.75, 3.05) is 11.9 Å². The Labute approximate surface area is 163 Å². The summed E-state index contributed by atoms with van der Waals surface area (Å²) >= 11 is 3.33. The number of halogens is 1. The third kappa shape index (κ3) is 5.62. The maximum atomic E-state index is 9.44. The summed E-state index contributed by atoms with van der Waals surface area (Å²) in [5.74, 6) is 1.41. The van der Waals surface area contributed by atoms with Crippen LogP contribution in [0.4, 0.5) is 11.6 Å². The lowest BCUT2D eigenvalue weighted by molar-refractivity contribution is 0.0799. The topological polar surface area (TPSA) is 88.7 Å². The largest absolute Gasteiger partial charge is 0.359 e. The lowest BCUT2D eigenvalue weighted by atomic mass is 10.1. The number of hydrogen-bond donors (Lipinski definition) is 1. The van der Waals surface area contributed by atoms with Gasteiger partial charge in [0.25, 0.3) is 0 Å². The van der Waals surface area contributed by atoms with Crippen molar-refractivity contribution >= 4 is 35.6 Å². The Bertz CT molecular complexity index is 776. The molecule has 0 aliphatic heterocycles. The second-order valence-corrected chi connectivity index (χ2v) is 14.0. The minimum absolute atomic E-state index is 0.268. The average molecular weight is 437 g/mol. The highest BCUT2D eigenvalue weighted by Gasteiger charge is 2.18. The molecule has 1 N–H and O–H groups in total. The van der Waals surface area contributed by atoms with E-state index in [4.69, 9.17) is 4.74 Å². The molecule has 0 aliphatic rings. The molecule has 7 nitrogen and oxygen atoms in total. The molecule has 0 spiro atoms. The number of nitrogens with zero attached hydrogens (tertiary/aromatic N) is 5. The molecular weight excluding hydrogens is 412 g/mol. The molecular formula is C17H25BrN6OSi. The molecule has 26 heavy (non-hydrogen) atoms. The highest BCUT2D eigenvalue weighted by molar-refractivity contribution is 9.10. The van der Waals surface area contributed by atoms with Crippen LogP contribution < -0.4 is 5.32 Å². The van der Waals surface area contributed by atoms with Crippen LogP contribution in [0.15, 0.2) is 17.0 Å². The zero-order valence-electron chi connectivity index (χ0n) is 15.9. The summed E-state index contributed by atoms with van der Waals surface area (Å²) in [6.07, 6.45) is 3.40. The normalized spacial score (nSPS) is 11.6. The van der Waals surface area contributed by atoms with Crippen molar-refractivity contribution in [3.63, 3.8) is 0 Å². The van der Waals surface area contributed by atoms with Gasteiger partial charge in [-0.2, -0.15) is 10.4 Å². The molecule has 2 aromatic heterocycles. The fourth-order valence-electron chi connectivity index (χ4n) is 2.10. The van der Waals surface area contributed by atoms with Gasteiger partial charge in [0.05, 0.1) is 18.1 Å². The average Bonchev–Trinajstić information content (AvgIpc) is 2.86. The molecule has 0 atom stereocenters. The van der Waals surface area contributed by atoms with Gasteiger partial charge < -0.3 is 10.1 Å². The Balaban J connectivity index is 2.14. The van der Waals surface area contributed by atoms with Crippen molar-refractivity contribution in [3.05, 3.63) is 28.3 Å². The van der Waals surface area contributed by atoms with Crippen molar-refractivity contribution < 1.29 is 4.74 Å². The SMILES string of the molecule is CC(C)c1cnc(Nc2c(C#N)c(Br)nn2COCC[Si](C)(C)C)cn1. The number of aromatic nitrogens is 4. The van der Waals surface area contributed by atoms with Gasteiger partial charge in [0.1, 0.15) is 28.8 Å². The molecule has 2 aromatic rings. The zero-order valence-corrected chi connectivity index (χ0v) is 18.5. The highest BCUT2D eigenvalue weighted by Crippen LogP contribution is 2.26. The summed E-state index contributed by atoms with van der Waals surface area (Å²) in [4.78, 5) is 8.77. The lowest BCUT2D eigenvalue weighted by Gasteiger charge is -2.16. The number of hydrogen-bond acceptors (Lipinski definition) is 6. The van der Waals surface area contributed by atoms with Crippen LogP contribution in [0.1, 0.15) is 31.0 Å². The Morgan fingerprint density at radius 1 is 1.31 bits per heavy atom. The van der Waals surface area contributed by atoms with Crippen LogP contribution in [0, 0.1) is 11.3 Å². The smallest absolute Gasteiger partial charge is 0.151 e. The summed E-state index contributed by atoms with van der Waals surface area (Å²) in [5, 5.41) is 16.9. The van der Waals surface area contributed by atoms with E-state index in [1.165, 1.54) is 0 Å². The Hall–Kier alpha value is -1.76. The predicted octanol–water partition coefficient (Wildman–Crippen LogP) is 4.49. The first-order chi connectivity index (χ1) is 12.2. The van der Waals surface area contributed by atoms with Crippen LogP contribution in [0.25, 0.3) is 0 Å². The first-order valence-corrected chi connectivity index (χ1v) is 13.0. The minimum Gasteiger partial charge on any atom is -0.359 e. The van der Waals surface area contributed by atoms with Crippen LogP contribution in [0.2, 0.25) is 25.7 Å². The Kier molecular flexibility index (Phi) is 6.92. The highest BCUT2D eigenvalue weighted by atomic mass is 79.9. The molecule has 0 bridgehead atoms. The molecule has 9 heteroatoms. The number of nitrogens with one attached hydrogen (secondary N) is 1. The lowest BCUT2D eigenvalue weighted by Crippen LogP contribution is -2.22. The Morgan fingerprint density at radius 2 is 2.04 bits per heavy atom. The molecule has 0 radical (unpaired) electrons. The third-order valence-corrected chi connectivity index (χ3v) is 6.00. The molecule has 0 saturated heterocycles. The quantitative estimate of drug-likeness (QED) is 0.484. The maximum absolute atomic E-state index is 9.44. The first kappa shape index (κ1) is 20.5. The zero-order chi connectivity index (χ0) is 19.3. The summed E-state index contributed by atoms with van der Waals surface area (Å²) in [6, 6.07) is 3.23. The fourth-order valence-corrected chi connectivity index (χ4v) is 3.33. The fraction of sp³-hybridized carbons (Fsp3) is 0.529. The molecule has 2 rings (SSSR count). The van der Waals surface area contributed by atoms with E-state index in [0.29, 0.717) is 34.3 Å². The van der Waals surface area contributed by atoms with Gasteiger partial charge >= 0.3 is 0 Å². The van der Waals surface area contributed by atoms with E-state index < -0.39 is 8.07 Å². The van der Waals surface area contributed by atoms with Crippen LogP contribution in [-0.4, -0.2) is 34.4 Å². The monoisotopic (exact) mass is 436 g/mol. The van der Waals surface area contributed by atoms with Crippen molar-refractivity contribution in [2.24, 2.45) is 0 Å². The van der Waals surface area contributed by atoms with Crippen molar-refractivity contribution in [1.29, 1.82) is 5.26 Å². The molecule has 0 fully saturated rings. The van der Waals surface area contributed by atoms with Gasteiger partial charge in [-0.05, 0) is 27.9 Å². The summed E-state index contributed by atoms with van der Waals surface area (Å²) in [5.41, 5.74) is 1.33. The second kappa shape index (κ2) is 8.75. The number of ether oxygens (including phenoxy) is 1. The van der Waals surface area contributed by atoms with E-state index in [1.54, 1.807) is 17.1 Å². The number of nitriles is 1. The van der Waals surface area contributed by atoms with E-state index >= 15 is 0 Å². The number of rotatable bonds is 8. The van der Waals surface area contributed by atoms with Gasteiger partial charge in [0.15, 0.2) is 5.82 Å². The molecule has 2 heterocycles. The van der Waals surface area contributed by atoms with Gasteiger partial charge in [-0.3, -0.25) is 4.98 Å². The van der Waals surface area contributed by atoms with Crippen molar-refractivity contribution in [1.82, 2.24) is 19.7 Å². The van der Waals surface area contributed by atoms with Gasteiger partial charge in [0, 0.05) is 14.7 Å². The predicted molar refractivity (Wildman–Crippen MR) is 108 cm³/mol. The summed E-state index contributed by atoms with van der Waals surface area (Å²) in [6.45, 7) is 12.0. The van der Waals surface area contributed by atoms with Gasteiger partial charge in [-0.15, -0.1) is 0 Å². The third-order valence-electron chi connectivity index (χ3n) is 3.74. The molecule has 0 saturated carbocycles. The molecule has 0 amide bonds. The van der Waals surface area contributed by atoms with Crippen LogP contribution in [-0.2, 0) is 11.5 Å². The number of anilines is 2. The molecule has 0 unspecified atom stereocenters.